The Morgan fingerprint density at radius 1 is 1.26 bits per heavy atom. The fourth-order valence-corrected chi connectivity index (χ4v) is 5.26. The zero-order valence-electron chi connectivity index (χ0n) is 16.0. The lowest BCUT2D eigenvalue weighted by atomic mass is 9.90. The van der Waals surface area contributed by atoms with E-state index in [-0.39, 0.29) is 27.6 Å². The van der Waals surface area contributed by atoms with Crippen molar-refractivity contribution in [3.05, 3.63) is 75.6 Å². The summed E-state index contributed by atoms with van der Waals surface area (Å²) >= 11 is 6.36. The lowest BCUT2D eigenvalue weighted by molar-refractivity contribution is 0.558. The molecule has 0 spiro atoms. The summed E-state index contributed by atoms with van der Waals surface area (Å²) in [6, 6.07) is 8.36. The van der Waals surface area contributed by atoms with Crippen LogP contribution in [0.1, 0.15) is 17.7 Å². The van der Waals surface area contributed by atoms with E-state index >= 15 is 0 Å². The molecule has 1 aliphatic rings. The molecular formula is C19H16ClFN4O4S2. The van der Waals surface area contributed by atoms with Crippen LogP contribution in [0.2, 0.25) is 5.02 Å². The summed E-state index contributed by atoms with van der Waals surface area (Å²) < 4.78 is 63.0. The molecule has 8 nitrogen and oxygen atoms in total. The van der Waals surface area contributed by atoms with Crippen molar-refractivity contribution in [3.8, 4) is 17.3 Å². The van der Waals surface area contributed by atoms with E-state index in [0.717, 1.165) is 6.07 Å². The third-order valence-corrected chi connectivity index (χ3v) is 8.22. The molecule has 12 heteroatoms. The van der Waals surface area contributed by atoms with Gasteiger partial charge in [-0.3, -0.25) is 0 Å². The minimum Gasteiger partial charge on any atom is -0.234 e. The van der Waals surface area contributed by atoms with Crippen molar-refractivity contribution in [1.82, 2.24) is 9.71 Å². The maximum atomic E-state index is 13.6. The number of nitrogens with two attached hydrogens (primary N) is 1. The Bertz CT molecular complexity index is 1380. The van der Waals surface area contributed by atoms with Crippen molar-refractivity contribution < 1.29 is 21.2 Å². The van der Waals surface area contributed by atoms with Gasteiger partial charge in [0.15, 0.2) is 11.5 Å². The van der Waals surface area contributed by atoms with Gasteiger partial charge in [0, 0.05) is 5.56 Å². The van der Waals surface area contributed by atoms with Crippen LogP contribution in [-0.4, -0.2) is 28.9 Å². The van der Waals surface area contributed by atoms with Gasteiger partial charge in [-0.2, -0.15) is 5.26 Å². The number of benzene rings is 1. The first-order chi connectivity index (χ1) is 14.4. The second-order valence-electron chi connectivity index (χ2n) is 6.62. The molecule has 1 heterocycles. The third-order valence-electron chi connectivity index (χ3n) is 4.90. The molecule has 0 bridgehead atoms. The van der Waals surface area contributed by atoms with E-state index < -0.39 is 36.3 Å². The van der Waals surface area contributed by atoms with Gasteiger partial charge in [0.05, 0.1) is 15.6 Å². The van der Waals surface area contributed by atoms with Crippen LogP contribution >= 0.6 is 11.6 Å². The lowest BCUT2D eigenvalue weighted by Gasteiger charge is -2.30. The number of allylic oxidation sites excluding steroid dienone is 2. The topological polar surface area (TPSA) is 143 Å². The summed E-state index contributed by atoms with van der Waals surface area (Å²) in [4.78, 5) is 3.83. The molecule has 0 aliphatic heterocycles. The highest BCUT2D eigenvalue weighted by molar-refractivity contribution is 7.93. The molecule has 1 atom stereocenters. The second kappa shape index (κ2) is 8.14. The van der Waals surface area contributed by atoms with E-state index in [4.69, 9.17) is 22.0 Å². The van der Waals surface area contributed by atoms with Crippen molar-refractivity contribution in [2.24, 2.45) is 5.14 Å². The van der Waals surface area contributed by atoms with E-state index in [1.54, 1.807) is 6.07 Å². The van der Waals surface area contributed by atoms with Crippen molar-refractivity contribution in [3.63, 3.8) is 0 Å². The van der Waals surface area contributed by atoms with Gasteiger partial charge in [0.2, 0.25) is 20.0 Å². The first kappa shape index (κ1) is 23.1. The van der Waals surface area contributed by atoms with E-state index in [2.05, 4.69) is 9.71 Å². The van der Waals surface area contributed by atoms with Gasteiger partial charge in [0.25, 0.3) is 0 Å². The molecule has 0 radical (unpaired) electrons. The van der Waals surface area contributed by atoms with Crippen LogP contribution in [0.4, 0.5) is 4.39 Å². The molecule has 162 valence electrons. The predicted molar refractivity (Wildman–Crippen MR) is 114 cm³/mol. The Morgan fingerprint density at radius 2 is 1.97 bits per heavy atom. The number of aromatic nitrogens is 1. The quantitative estimate of drug-likeness (QED) is 0.669. The lowest BCUT2D eigenvalue weighted by Crippen LogP contribution is -2.40. The number of nitrogens with one attached hydrogen (secondary N) is 1. The number of hydrogen-bond donors (Lipinski definition) is 2. The van der Waals surface area contributed by atoms with Crippen LogP contribution in [0, 0.1) is 17.1 Å². The first-order valence-electron chi connectivity index (χ1n) is 8.67. The van der Waals surface area contributed by atoms with Crippen molar-refractivity contribution in [2.45, 2.75) is 11.2 Å². The standard InChI is InChI=1S/C19H16ClFN4O4S2/c1-24-30(26,27)13-6-8-19(9-7-13,31(23,28)29)12-2-3-14(15(20)10-12)17-5-4-16(21)18(11-22)25-17/h2-8,10,24H,9H2,1H3,(H2,23,28,29). The van der Waals surface area contributed by atoms with Gasteiger partial charge in [-0.25, -0.2) is 36.1 Å². The average Bonchev–Trinajstić information content (AvgIpc) is 2.73. The number of nitrogens with zero attached hydrogens (tertiary/aromatic N) is 2. The highest BCUT2D eigenvalue weighted by Gasteiger charge is 2.42. The summed E-state index contributed by atoms with van der Waals surface area (Å²) in [7, 11) is -6.76. The molecule has 1 aromatic heterocycles. The summed E-state index contributed by atoms with van der Waals surface area (Å²) in [6.07, 6.45) is 3.41. The third kappa shape index (κ3) is 4.13. The second-order valence-corrected chi connectivity index (χ2v) is 10.7. The molecule has 0 fully saturated rings. The number of rotatable bonds is 5. The molecule has 0 amide bonds. The molecule has 1 aromatic carbocycles. The highest BCUT2D eigenvalue weighted by Crippen LogP contribution is 2.41. The van der Waals surface area contributed by atoms with Crippen LogP contribution in [0.25, 0.3) is 11.3 Å². The van der Waals surface area contributed by atoms with E-state index in [1.807, 2.05) is 0 Å². The summed E-state index contributed by atoms with van der Waals surface area (Å²) in [5.41, 5.74) is 0.373. The fourth-order valence-electron chi connectivity index (χ4n) is 3.17. The minimum atomic E-state index is -4.24. The summed E-state index contributed by atoms with van der Waals surface area (Å²) in [5, 5.41) is 14.6. The number of nitriles is 1. The van der Waals surface area contributed by atoms with E-state index in [1.165, 1.54) is 49.5 Å². The highest BCUT2D eigenvalue weighted by atomic mass is 35.5. The first-order valence-corrected chi connectivity index (χ1v) is 12.1. The number of pyridine rings is 1. The average molecular weight is 483 g/mol. The Kier molecular flexibility index (Phi) is 6.05. The van der Waals surface area contributed by atoms with Crippen molar-refractivity contribution in [1.29, 1.82) is 5.26 Å². The van der Waals surface area contributed by atoms with Crippen LogP contribution in [0.15, 0.2) is 53.5 Å². The van der Waals surface area contributed by atoms with Gasteiger partial charge in [-0.1, -0.05) is 35.9 Å². The Hall–Kier alpha value is -2.62. The molecule has 0 saturated carbocycles. The fraction of sp³-hybridized carbons (Fsp3) is 0.158. The van der Waals surface area contributed by atoms with Gasteiger partial charge >= 0.3 is 0 Å². The molecule has 1 unspecified atom stereocenters. The number of sulfonamides is 2. The predicted octanol–water partition coefficient (Wildman–Crippen LogP) is 2.29. The summed E-state index contributed by atoms with van der Waals surface area (Å²) in [5.74, 6) is -0.779. The Morgan fingerprint density at radius 3 is 2.48 bits per heavy atom. The summed E-state index contributed by atoms with van der Waals surface area (Å²) in [6.45, 7) is 0. The van der Waals surface area contributed by atoms with Gasteiger partial charge < -0.3 is 0 Å². The maximum Gasteiger partial charge on any atom is 0.239 e. The zero-order valence-corrected chi connectivity index (χ0v) is 18.4. The number of primary sulfonamides is 1. The van der Waals surface area contributed by atoms with Crippen LogP contribution in [0.3, 0.4) is 0 Å². The van der Waals surface area contributed by atoms with E-state index in [9.17, 15) is 21.2 Å². The van der Waals surface area contributed by atoms with Crippen molar-refractivity contribution in [2.75, 3.05) is 7.05 Å². The zero-order chi connectivity index (χ0) is 23.0. The number of hydrogen-bond acceptors (Lipinski definition) is 6. The normalized spacial score (nSPS) is 19.0. The molecular weight excluding hydrogens is 467 g/mol. The Balaban J connectivity index is 2.10. The number of halogens is 2. The Labute approximate surface area is 184 Å². The molecule has 31 heavy (non-hydrogen) atoms. The van der Waals surface area contributed by atoms with Crippen LogP contribution in [0.5, 0.6) is 0 Å². The monoisotopic (exact) mass is 482 g/mol. The minimum absolute atomic E-state index is 0.0865. The van der Waals surface area contributed by atoms with Gasteiger partial charge in [-0.05, 0) is 43.3 Å². The molecule has 0 saturated heterocycles. The van der Waals surface area contributed by atoms with Crippen LogP contribution in [-0.2, 0) is 24.8 Å². The molecule has 2 aromatic rings. The largest absolute Gasteiger partial charge is 0.239 e. The van der Waals surface area contributed by atoms with Crippen LogP contribution < -0.4 is 9.86 Å². The van der Waals surface area contributed by atoms with Crippen molar-refractivity contribution >= 4 is 31.6 Å². The van der Waals surface area contributed by atoms with Gasteiger partial charge in [-0.15, -0.1) is 0 Å². The van der Waals surface area contributed by atoms with E-state index in [0.29, 0.717) is 5.56 Å². The maximum absolute atomic E-state index is 13.6. The molecule has 3 N–H and O–H groups in total. The van der Waals surface area contributed by atoms with Gasteiger partial charge in [0.1, 0.15) is 10.8 Å². The smallest absolute Gasteiger partial charge is 0.234 e. The SMILES string of the molecule is CNS(=O)(=O)C1=CCC(c2ccc(-c3ccc(F)c(C#N)n3)c(Cl)c2)(S(N)(=O)=O)C=C1. The molecule has 1 aliphatic carbocycles. The molecule has 3 rings (SSSR count).